The topological polar surface area (TPSA) is 23.8 Å². The van der Waals surface area contributed by atoms with E-state index in [1.54, 1.807) is 0 Å². The zero-order chi connectivity index (χ0) is 9.19. The molecule has 0 saturated carbocycles. The lowest BCUT2D eigenvalue weighted by atomic mass is 10.3. The fourth-order valence-corrected chi connectivity index (χ4v) is 1.29. The van der Waals surface area contributed by atoms with Crippen LogP contribution in [0.5, 0.6) is 0 Å². The van der Waals surface area contributed by atoms with E-state index in [1.807, 2.05) is 0 Å². The Balaban J connectivity index is 2.77. The third kappa shape index (κ3) is 3.04. The molecule has 0 aliphatic heterocycles. The summed E-state index contributed by atoms with van der Waals surface area (Å²) in [4.78, 5) is 0.0509. The number of thioether (sulfide) groups is 1. The number of hydrogen-bond acceptors (Lipinski definition) is 1. The number of nitrogens with one attached hydrogen (secondary N) is 1. The van der Waals surface area contributed by atoms with Gasteiger partial charge in [-0.2, -0.15) is 13.2 Å². The molecule has 1 rings (SSSR count). The average Bonchev–Trinajstić information content (AvgIpc) is 1.82. The van der Waals surface area contributed by atoms with Crippen LogP contribution in [0.3, 0.4) is 0 Å². The normalized spacial score (nSPS) is 11.6. The van der Waals surface area contributed by atoms with Crippen LogP contribution in [0.15, 0.2) is 29.2 Å². The molecule has 0 aliphatic carbocycles. The van der Waals surface area contributed by atoms with E-state index in [0.29, 0.717) is 0 Å². The molecular formula is C7H5F3NS. The van der Waals surface area contributed by atoms with Gasteiger partial charge in [0, 0.05) is 4.90 Å². The minimum absolute atomic E-state index is 0.0509. The Bertz CT molecular complexity index is 272. The second-order valence-corrected chi connectivity index (χ2v) is 3.21. The first-order valence-electron chi connectivity index (χ1n) is 3.05. The molecule has 0 heterocycles. The highest BCUT2D eigenvalue weighted by Crippen LogP contribution is 2.37. The molecule has 0 unspecified atom stereocenters. The monoisotopic (exact) mass is 192 g/mol. The minimum atomic E-state index is -4.27. The maximum absolute atomic E-state index is 11.8. The maximum Gasteiger partial charge on any atom is 0.446 e. The second-order valence-electron chi connectivity index (χ2n) is 2.08. The van der Waals surface area contributed by atoms with E-state index in [2.05, 4.69) is 0 Å². The van der Waals surface area contributed by atoms with E-state index in [4.69, 9.17) is 5.73 Å². The van der Waals surface area contributed by atoms with Crippen molar-refractivity contribution in [2.24, 2.45) is 0 Å². The summed E-state index contributed by atoms with van der Waals surface area (Å²) >= 11 is -0.205. The highest BCUT2D eigenvalue weighted by Gasteiger charge is 2.29. The molecule has 65 valence electrons. The number of benzene rings is 1. The van der Waals surface area contributed by atoms with Crippen molar-refractivity contribution in [3.05, 3.63) is 24.3 Å². The fourth-order valence-electron chi connectivity index (χ4n) is 0.693. The van der Waals surface area contributed by atoms with Crippen LogP contribution >= 0.6 is 11.8 Å². The third-order valence-corrected chi connectivity index (χ3v) is 1.79. The Morgan fingerprint density at radius 3 is 2.42 bits per heavy atom. The summed E-state index contributed by atoms with van der Waals surface area (Å²) in [5.74, 6) is 0. The van der Waals surface area contributed by atoms with Crippen LogP contribution < -0.4 is 5.73 Å². The lowest BCUT2D eigenvalue weighted by Crippen LogP contribution is -1.98. The summed E-state index contributed by atoms with van der Waals surface area (Å²) in [5.41, 5.74) is 2.88. The summed E-state index contributed by atoms with van der Waals surface area (Å²) in [6.45, 7) is 0. The van der Waals surface area contributed by atoms with Crippen molar-refractivity contribution in [1.82, 2.24) is 5.73 Å². The minimum Gasteiger partial charge on any atom is -0.301 e. The molecule has 0 saturated heterocycles. The molecule has 0 amide bonds. The van der Waals surface area contributed by atoms with Crippen LogP contribution in [0.2, 0.25) is 0 Å². The van der Waals surface area contributed by atoms with Gasteiger partial charge in [-0.25, -0.2) is 0 Å². The largest absolute Gasteiger partial charge is 0.446 e. The molecule has 0 aromatic heterocycles. The Morgan fingerprint density at radius 2 is 1.92 bits per heavy atom. The van der Waals surface area contributed by atoms with E-state index in [-0.39, 0.29) is 22.3 Å². The van der Waals surface area contributed by atoms with Gasteiger partial charge in [-0.15, -0.1) is 0 Å². The Kier molecular flexibility index (Phi) is 2.52. The van der Waals surface area contributed by atoms with E-state index >= 15 is 0 Å². The van der Waals surface area contributed by atoms with Crippen LogP contribution in [0.25, 0.3) is 0 Å². The summed E-state index contributed by atoms with van der Waals surface area (Å²) in [7, 11) is 0. The summed E-state index contributed by atoms with van der Waals surface area (Å²) in [5, 5.41) is 0. The Morgan fingerprint density at radius 1 is 1.25 bits per heavy atom. The van der Waals surface area contributed by atoms with Crippen LogP contribution in [0.1, 0.15) is 0 Å². The molecule has 1 aromatic carbocycles. The van der Waals surface area contributed by atoms with Crippen LogP contribution in [0.4, 0.5) is 18.9 Å². The smallest absolute Gasteiger partial charge is 0.301 e. The van der Waals surface area contributed by atoms with E-state index in [9.17, 15) is 13.2 Å². The lowest BCUT2D eigenvalue weighted by Gasteiger charge is -2.04. The third-order valence-electron chi connectivity index (χ3n) is 1.07. The first-order valence-corrected chi connectivity index (χ1v) is 3.86. The number of rotatable bonds is 1. The van der Waals surface area contributed by atoms with Crippen LogP contribution in [-0.4, -0.2) is 5.51 Å². The lowest BCUT2D eigenvalue weighted by molar-refractivity contribution is -0.0328. The predicted molar refractivity (Wildman–Crippen MR) is 41.1 cm³/mol. The van der Waals surface area contributed by atoms with E-state index in [0.717, 1.165) is 0 Å². The van der Waals surface area contributed by atoms with Gasteiger partial charge in [0.1, 0.15) is 0 Å². The van der Waals surface area contributed by atoms with Gasteiger partial charge in [0.05, 0.1) is 5.69 Å². The number of hydrogen-bond donors (Lipinski definition) is 0. The SMILES string of the molecule is [NH]c1cccc(SC(F)(F)F)c1. The zero-order valence-electron chi connectivity index (χ0n) is 5.85. The summed E-state index contributed by atoms with van der Waals surface area (Å²) in [6, 6.07) is 5.37. The zero-order valence-corrected chi connectivity index (χ0v) is 6.67. The second kappa shape index (κ2) is 3.26. The molecule has 0 atom stereocenters. The van der Waals surface area contributed by atoms with Crippen molar-refractivity contribution in [1.29, 1.82) is 0 Å². The van der Waals surface area contributed by atoms with Gasteiger partial charge in [-0.05, 0) is 30.0 Å². The van der Waals surface area contributed by atoms with Gasteiger partial charge in [0.2, 0.25) is 0 Å². The first-order chi connectivity index (χ1) is 5.47. The standard InChI is InChI=1S/C7H5F3NS/c8-7(9,10)12-6-3-1-2-5(11)4-6/h1-4,11H. The molecule has 5 heteroatoms. The van der Waals surface area contributed by atoms with Gasteiger partial charge in [0.25, 0.3) is 0 Å². The van der Waals surface area contributed by atoms with Gasteiger partial charge in [-0.3, -0.25) is 0 Å². The van der Waals surface area contributed by atoms with Crippen molar-refractivity contribution < 1.29 is 13.2 Å². The van der Waals surface area contributed by atoms with Gasteiger partial charge in [-0.1, -0.05) is 6.07 Å². The molecule has 12 heavy (non-hydrogen) atoms. The van der Waals surface area contributed by atoms with Gasteiger partial charge in [0.15, 0.2) is 0 Å². The molecule has 0 aliphatic rings. The summed E-state index contributed by atoms with van der Waals surface area (Å²) < 4.78 is 35.3. The van der Waals surface area contributed by atoms with Crippen molar-refractivity contribution in [3.63, 3.8) is 0 Å². The van der Waals surface area contributed by atoms with Crippen LogP contribution in [0, 0.1) is 0 Å². The average molecular weight is 192 g/mol. The highest BCUT2D eigenvalue weighted by atomic mass is 32.2. The number of alkyl halides is 3. The van der Waals surface area contributed by atoms with Crippen molar-refractivity contribution >= 4 is 17.4 Å². The van der Waals surface area contributed by atoms with Crippen molar-refractivity contribution in [2.75, 3.05) is 0 Å². The number of halogens is 3. The molecule has 1 N–H and O–H groups in total. The molecular weight excluding hydrogens is 187 g/mol. The molecule has 0 spiro atoms. The molecule has 1 nitrogen and oxygen atoms in total. The summed E-state index contributed by atoms with van der Waals surface area (Å²) in [6.07, 6.45) is 0. The Hall–Kier alpha value is -0.840. The van der Waals surface area contributed by atoms with E-state index in [1.165, 1.54) is 24.3 Å². The molecule has 0 bridgehead atoms. The fraction of sp³-hybridized carbons (Fsp3) is 0.143. The molecule has 0 fully saturated rings. The maximum atomic E-state index is 11.8. The van der Waals surface area contributed by atoms with Gasteiger partial charge >= 0.3 is 5.51 Å². The molecule has 1 aromatic rings. The highest BCUT2D eigenvalue weighted by molar-refractivity contribution is 8.00. The van der Waals surface area contributed by atoms with Crippen molar-refractivity contribution in [3.8, 4) is 0 Å². The first kappa shape index (κ1) is 9.25. The predicted octanol–water partition coefficient (Wildman–Crippen LogP) is 3.21. The van der Waals surface area contributed by atoms with E-state index < -0.39 is 5.51 Å². The molecule has 1 radical (unpaired) electrons. The van der Waals surface area contributed by atoms with Crippen LogP contribution in [-0.2, 0) is 0 Å². The Labute approximate surface area is 71.8 Å². The van der Waals surface area contributed by atoms with Crippen molar-refractivity contribution in [2.45, 2.75) is 10.4 Å². The van der Waals surface area contributed by atoms with Gasteiger partial charge < -0.3 is 5.73 Å². The quantitative estimate of drug-likeness (QED) is 0.627.